The molecule has 2 rings (SSSR count). The zero-order valence-corrected chi connectivity index (χ0v) is 20.1. The van der Waals surface area contributed by atoms with Crippen LogP contribution in [-0.4, -0.2) is 0 Å². The molecule has 0 saturated heterocycles. The maximum absolute atomic E-state index is 4.19. The van der Waals surface area contributed by atoms with Gasteiger partial charge >= 0.3 is 161 Å². The molecule has 0 saturated carbocycles. The molecule has 136 valence electrons. The molecular weight excluding hydrogens is 379 g/mol. The van der Waals surface area contributed by atoms with E-state index in [2.05, 4.69) is 80.7 Å². The molecule has 0 nitrogen and oxygen atoms in total. The van der Waals surface area contributed by atoms with Crippen LogP contribution in [0.25, 0.3) is 0 Å². The fraction of sp³-hybridized carbons (Fsp3) is 0.500. The maximum atomic E-state index is 4.19. The van der Waals surface area contributed by atoms with Crippen molar-refractivity contribution in [2.45, 2.75) is 63.6 Å². The van der Waals surface area contributed by atoms with Gasteiger partial charge in [0, 0.05) is 0 Å². The second-order valence-corrected chi connectivity index (χ2v) is 18.2. The van der Waals surface area contributed by atoms with E-state index < -0.39 is 20.3 Å². The Morgan fingerprint density at radius 2 is 1.00 bits per heavy atom. The van der Waals surface area contributed by atoms with E-state index in [9.17, 15) is 0 Å². The molecule has 0 aliphatic heterocycles. The predicted molar refractivity (Wildman–Crippen MR) is 110 cm³/mol. The topological polar surface area (TPSA) is 0 Å². The summed E-state index contributed by atoms with van der Waals surface area (Å²) in [6.45, 7) is 27.3. The molecular formula is C24H36Zr. The Hall–Kier alpha value is -0.677. The average Bonchev–Trinajstić information content (AvgIpc) is 2.88. The van der Waals surface area contributed by atoms with Crippen LogP contribution in [0.15, 0.2) is 65.3 Å². The molecule has 2 aliphatic carbocycles. The zero-order chi connectivity index (χ0) is 19.1. The molecule has 1 heteroatoms. The summed E-state index contributed by atoms with van der Waals surface area (Å²) in [4.78, 5) is 0. The van der Waals surface area contributed by atoms with Gasteiger partial charge in [0.25, 0.3) is 0 Å². The zero-order valence-electron chi connectivity index (χ0n) is 17.6. The van der Waals surface area contributed by atoms with E-state index in [1.165, 1.54) is 19.4 Å². The average molecular weight is 416 g/mol. The standard InChI is InChI=1S/2C9H13.2C3H5.Zr/c2*1-6-5-7(2)9(4)8(6)3;2*1-3-2;/h2*6H,1-4H3;2*3H,1-2H2;. The van der Waals surface area contributed by atoms with Gasteiger partial charge in [-0.1, -0.05) is 0 Å². The Morgan fingerprint density at radius 1 is 0.680 bits per heavy atom. The van der Waals surface area contributed by atoms with Gasteiger partial charge in [0.15, 0.2) is 0 Å². The Balaban J connectivity index is 2.79. The minimum atomic E-state index is -2.89. The first-order chi connectivity index (χ1) is 11.7. The number of allylic oxidation sites excluding steroid dienone is 10. The van der Waals surface area contributed by atoms with E-state index in [4.69, 9.17) is 0 Å². The van der Waals surface area contributed by atoms with Crippen molar-refractivity contribution in [3.8, 4) is 0 Å². The number of hydrogen-bond acceptors (Lipinski definition) is 0. The van der Waals surface area contributed by atoms with Crippen molar-refractivity contribution in [3.05, 3.63) is 65.3 Å². The van der Waals surface area contributed by atoms with Gasteiger partial charge in [0.1, 0.15) is 0 Å². The van der Waals surface area contributed by atoms with Crippen molar-refractivity contribution in [2.75, 3.05) is 0 Å². The molecule has 2 atom stereocenters. The van der Waals surface area contributed by atoms with E-state index in [-0.39, 0.29) is 0 Å². The third-order valence-corrected chi connectivity index (χ3v) is 21.2. The summed E-state index contributed by atoms with van der Waals surface area (Å²) in [5, 5.41) is 0. The molecule has 2 aliphatic rings. The number of hydrogen-bond donors (Lipinski definition) is 0. The molecule has 0 bridgehead atoms. The van der Waals surface area contributed by atoms with Crippen LogP contribution in [0.4, 0.5) is 0 Å². The van der Waals surface area contributed by atoms with Gasteiger partial charge in [-0.15, -0.1) is 0 Å². The summed E-state index contributed by atoms with van der Waals surface area (Å²) in [5.41, 5.74) is 9.38. The van der Waals surface area contributed by atoms with Gasteiger partial charge in [-0.25, -0.2) is 0 Å². The van der Waals surface area contributed by atoms with Gasteiger partial charge in [0.2, 0.25) is 0 Å². The van der Waals surface area contributed by atoms with Crippen LogP contribution in [0, 0.1) is 11.8 Å². The molecule has 0 aromatic rings. The van der Waals surface area contributed by atoms with Gasteiger partial charge in [0.05, 0.1) is 0 Å². The van der Waals surface area contributed by atoms with Crippen LogP contribution < -0.4 is 0 Å². The van der Waals surface area contributed by atoms with Crippen LogP contribution in [0.2, 0.25) is 8.26 Å². The first-order valence-corrected chi connectivity index (χ1v) is 15.6. The molecule has 0 radical (unpaired) electrons. The van der Waals surface area contributed by atoms with Gasteiger partial charge < -0.3 is 0 Å². The third kappa shape index (κ3) is 3.01. The first-order valence-electron chi connectivity index (χ1n) is 9.65. The van der Waals surface area contributed by atoms with E-state index in [1.807, 2.05) is 6.56 Å². The number of rotatable bonds is 6. The summed E-state index contributed by atoms with van der Waals surface area (Å²) < 4.78 is 6.01. The molecule has 0 fully saturated rings. The van der Waals surface area contributed by atoms with Crippen molar-refractivity contribution in [3.63, 3.8) is 0 Å². The van der Waals surface area contributed by atoms with Crippen molar-refractivity contribution >= 4 is 0 Å². The second-order valence-electron chi connectivity index (χ2n) is 8.20. The van der Waals surface area contributed by atoms with Crippen molar-refractivity contribution in [1.29, 1.82) is 0 Å². The summed E-state index contributed by atoms with van der Waals surface area (Å²) in [7, 11) is 0. The van der Waals surface area contributed by atoms with Crippen LogP contribution in [0.1, 0.15) is 55.4 Å². The van der Waals surface area contributed by atoms with Crippen molar-refractivity contribution in [2.24, 2.45) is 11.8 Å². The third-order valence-electron chi connectivity index (χ3n) is 7.30. The Bertz CT molecular complexity index is 672. The predicted octanol–water partition coefficient (Wildman–Crippen LogP) is 7.87. The van der Waals surface area contributed by atoms with Crippen LogP contribution in [0.5, 0.6) is 0 Å². The Morgan fingerprint density at radius 3 is 1.20 bits per heavy atom. The van der Waals surface area contributed by atoms with Crippen molar-refractivity contribution < 1.29 is 20.3 Å². The van der Waals surface area contributed by atoms with Gasteiger partial charge in [-0.3, -0.25) is 0 Å². The van der Waals surface area contributed by atoms with Crippen molar-refractivity contribution in [1.82, 2.24) is 0 Å². The van der Waals surface area contributed by atoms with Crippen LogP contribution in [0.3, 0.4) is 0 Å². The van der Waals surface area contributed by atoms with E-state index in [0.29, 0.717) is 11.8 Å². The summed E-state index contributed by atoms with van der Waals surface area (Å²) in [5.74, 6) is 1.17. The first kappa shape index (κ1) is 20.6. The Labute approximate surface area is 160 Å². The molecule has 25 heavy (non-hydrogen) atoms. The quantitative estimate of drug-likeness (QED) is 0.387. The normalized spacial score (nSPS) is 24.8. The molecule has 0 N–H and O–H groups in total. The summed E-state index contributed by atoms with van der Waals surface area (Å²) in [6.07, 6.45) is 4.43. The molecule has 2 unspecified atom stereocenters. The van der Waals surface area contributed by atoms with E-state index >= 15 is 0 Å². The Kier molecular flexibility index (Phi) is 6.20. The molecule has 0 aromatic carbocycles. The van der Waals surface area contributed by atoms with Crippen LogP contribution in [-0.2, 0) is 20.3 Å². The summed E-state index contributed by atoms with van der Waals surface area (Å²) in [6, 6.07) is 0. The second kappa shape index (κ2) is 7.52. The fourth-order valence-electron chi connectivity index (χ4n) is 5.44. The molecule has 0 amide bonds. The molecule has 0 aromatic heterocycles. The summed E-state index contributed by atoms with van der Waals surface area (Å²) >= 11 is -2.89. The minimum absolute atomic E-state index is 0.587. The fourth-order valence-corrected chi connectivity index (χ4v) is 20.7. The van der Waals surface area contributed by atoms with Crippen LogP contribution >= 0.6 is 0 Å². The molecule has 0 spiro atoms. The SMILES string of the molecule is C=C[CH2][Zr]([CH2]C=C)([C]1=C(C)C(C)=C(C)C1C)[C]1=C(C)C(C)=C(C)C1C. The monoisotopic (exact) mass is 414 g/mol. The van der Waals surface area contributed by atoms with Gasteiger partial charge in [-0.2, -0.15) is 0 Å². The van der Waals surface area contributed by atoms with Gasteiger partial charge in [-0.05, 0) is 0 Å². The van der Waals surface area contributed by atoms with E-state index in [1.54, 1.807) is 22.3 Å². The molecule has 0 heterocycles. The van der Waals surface area contributed by atoms with E-state index in [0.717, 1.165) is 0 Å².